The Morgan fingerprint density at radius 3 is 2.57 bits per heavy atom. The maximum absolute atomic E-state index is 12.3. The zero-order valence-electron chi connectivity index (χ0n) is 16.5. The van der Waals surface area contributed by atoms with Crippen molar-refractivity contribution in [2.24, 2.45) is 5.73 Å². The first-order valence-corrected chi connectivity index (χ1v) is 9.35. The highest BCUT2D eigenvalue weighted by molar-refractivity contribution is 5.88. The fourth-order valence-corrected chi connectivity index (χ4v) is 3.18. The molecule has 1 amide bonds. The number of nitrogens with two attached hydrogens (primary N) is 1. The largest absolute Gasteiger partial charge is 0.497 e. The van der Waals surface area contributed by atoms with Crippen molar-refractivity contribution in [2.75, 3.05) is 20.8 Å². The molecule has 0 spiro atoms. The van der Waals surface area contributed by atoms with Crippen LogP contribution in [0.1, 0.15) is 29.3 Å². The topological polar surface area (TPSA) is 89.4 Å². The third kappa shape index (κ3) is 4.46. The fourth-order valence-electron chi connectivity index (χ4n) is 3.18. The molecule has 28 heavy (non-hydrogen) atoms. The number of aryl methyl sites for hydroxylation is 2. The molecule has 2 aromatic carbocycles. The van der Waals surface area contributed by atoms with Crippen LogP contribution in [-0.2, 0) is 11.2 Å². The van der Waals surface area contributed by atoms with E-state index in [4.69, 9.17) is 15.2 Å². The van der Waals surface area contributed by atoms with Crippen molar-refractivity contribution in [1.29, 1.82) is 0 Å². The summed E-state index contributed by atoms with van der Waals surface area (Å²) in [6.45, 7) is 2.57. The number of hydrogen-bond donors (Lipinski definition) is 3. The van der Waals surface area contributed by atoms with E-state index in [1.165, 1.54) is 0 Å². The molecular formula is C22H27N3O3. The summed E-state index contributed by atoms with van der Waals surface area (Å²) >= 11 is 0. The molecule has 0 saturated heterocycles. The number of benzene rings is 2. The third-order valence-electron chi connectivity index (χ3n) is 4.83. The summed E-state index contributed by atoms with van der Waals surface area (Å²) in [5.74, 6) is 1.36. The standard InChI is InChI=1S/C22H27N3O3/c1-14-6-8-15(9-7-14)21(23)22(26)24-10-4-5-16-11-18-19(25-16)12-17(27-2)13-20(18)28-3/h6-9,11-13,21,25H,4-5,10,23H2,1-3H3,(H,24,26). The summed E-state index contributed by atoms with van der Waals surface area (Å²) in [5, 5.41) is 3.94. The zero-order chi connectivity index (χ0) is 20.1. The van der Waals surface area contributed by atoms with Crippen molar-refractivity contribution in [3.63, 3.8) is 0 Å². The first kappa shape index (κ1) is 19.8. The number of methoxy groups -OCH3 is 2. The number of H-pyrrole nitrogens is 1. The lowest BCUT2D eigenvalue weighted by atomic mass is 10.1. The molecule has 0 aliphatic carbocycles. The molecule has 1 heterocycles. The number of aromatic nitrogens is 1. The van der Waals surface area contributed by atoms with Crippen LogP contribution in [0.15, 0.2) is 42.5 Å². The van der Waals surface area contributed by atoms with Gasteiger partial charge in [0.1, 0.15) is 17.5 Å². The van der Waals surface area contributed by atoms with Crippen molar-refractivity contribution in [2.45, 2.75) is 25.8 Å². The van der Waals surface area contributed by atoms with Gasteiger partial charge in [0.15, 0.2) is 0 Å². The number of aromatic amines is 1. The van der Waals surface area contributed by atoms with E-state index in [-0.39, 0.29) is 5.91 Å². The number of fused-ring (bicyclic) bond motifs is 1. The second kappa shape index (κ2) is 8.80. The molecule has 6 nitrogen and oxygen atoms in total. The van der Waals surface area contributed by atoms with Gasteiger partial charge in [0, 0.05) is 29.8 Å². The van der Waals surface area contributed by atoms with Gasteiger partial charge in [-0.15, -0.1) is 0 Å². The minimum absolute atomic E-state index is 0.160. The van der Waals surface area contributed by atoms with Gasteiger partial charge in [-0.25, -0.2) is 0 Å². The first-order chi connectivity index (χ1) is 13.5. The molecule has 1 unspecified atom stereocenters. The van der Waals surface area contributed by atoms with E-state index in [1.54, 1.807) is 14.2 Å². The van der Waals surface area contributed by atoms with Crippen LogP contribution >= 0.6 is 0 Å². The summed E-state index contributed by atoms with van der Waals surface area (Å²) in [5.41, 5.74) is 10.1. The van der Waals surface area contributed by atoms with Gasteiger partial charge in [0.2, 0.25) is 5.91 Å². The Kier molecular flexibility index (Phi) is 6.21. The predicted molar refractivity (Wildman–Crippen MR) is 111 cm³/mol. The van der Waals surface area contributed by atoms with Crippen LogP contribution in [-0.4, -0.2) is 31.7 Å². The Morgan fingerprint density at radius 2 is 1.89 bits per heavy atom. The normalized spacial score (nSPS) is 12.0. The van der Waals surface area contributed by atoms with Gasteiger partial charge in [-0.3, -0.25) is 4.79 Å². The van der Waals surface area contributed by atoms with Crippen molar-refractivity contribution in [3.05, 3.63) is 59.3 Å². The fraction of sp³-hybridized carbons (Fsp3) is 0.318. The summed E-state index contributed by atoms with van der Waals surface area (Å²) < 4.78 is 10.8. The van der Waals surface area contributed by atoms with Crippen LogP contribution < -0.4 is 20.5 Å². The average molecular weight is 381 g/mol. The lowest BCUT2D eigenvalue weighted by Crippen LogP contribution is -2.34. The van der Waals surface area contributed by atoms with E-state index in [1.807, 2.05) is 43.3 Å². The molecule has 0 saturated carbocycles. The number of hydrogen-bond acceptors (Lipinski definition) is 4. The van der Waals surface area contributed by atoms with E-state index in [2.05, 4.69) is 16.4 Å². The number of ether oxygens (including phenoxy) is 2. The quantitative estimate of drug-likeness (QED) is 0.523. The summed E-state index contributed by atoms with van der Waals surface area (Å²) in [6, 6.07) is 13.0. The molecule has 4 N–H and O–H groups in total. The van der Waals surface area contributed by atoms with Crippen LogP contribution in [0.3, 0.4) is 0 Å². The average Bonchev–Trinajstić information content (AvgIpc) is 3.13. The summed E-state index contributed by atoms with van der Waals surface area (Å²) in [4.78, 5) is 15.6. The number of nitrogens with one attached hydrogen (secondary N) is 2. The Morgan fingerprint density at radius 1 is 1.14 bits per heavy atom. The number of amides is 1. The van der Waals surface area contributed by atoms with Crippen LogP contribution in [0.4, 0.5) is 0 Å². The number of carbonyl (C=O) groups excluding carboxylic acids is 1. The summed E-state index contributed by atoms with van der Waals surface area (Å²) in [7, 11) is 3.28. The van der Waals surface area contributed by atoms with Gasteiger partial charge in [-0.1, -0.05) is 29.8 Å². The van der Waals surface area contributed by atoms with Crippen molar-refractivity contribution in [3.8, 4) is 11.5 Å². The first-order valence-electron chi connectivity index (χ1n) is 9.35. The zero-order valence-corrected chi connectivity index (χ0v) is 16.5. The monoisotopic (exact) mass is 381 g/mol. The van der Waals surface area contributed by atoms with E-state index < -0.39 is 6.04 Å². The Hall–Kier alpha value is -2.99. The predicted octanol–water partition coefficient (Wildman–Crippen LogP) is 3.24. The molecule has 0 fully saturated rings. The van der Waals surface area contributed by atoms with Crippen LogP contribution in [0.2, 0.25) is 0 Å². The maximum Gasteiger partial charge on any atom is 0.241 e. The minimum atomic E-state index is -0.648. The molecule has 6 heteroatoms. The lowest BCUT2D eigenvalue weighted by Gasteiger charge is -2.12. The highest BCUT2D eigenvalue weighted by atomic mass is 16.5. The van der Waals surface area contributed by atoms with E-state index in [0.717, 1.165) is 52.1 Å². The number of rotatable bonds is 8. The molecule has 1 aromatic heterocycles. The summed E-state index contributed by atoms with van der Waals surface area (Å²) in [6.07, 6.45) is 1.61. The Bertz CT molecular complexity index is 948. The van der Waals surface area contributed by atoms with Gasteiger partial charge in [0.25, 0.3) is 0 Å². The SMILES string of the molecule is COc1cc(OC)c2cc(CCCNC(=O)C(N)c3ccc(C)cc3)[nH]c2c1. The van der Waals surface area contributed by atoms with E-state index in [9.17, 15) is 4.79 Å². The number of carbonyl (C=O) groups is 1. The third-order valence-corrected chi connectivity index (χ3v) is 4.83. The second-order valence-corrected chi connectivity index (χ2v) is 6.87. The molecule has 3 rings (SSSR count). The maximum atomic E-state index is 12.3. The highest BCUT2D eigenvalue weighted by Gasteiger charge is 2.15. The lowest BCUT2D eigenvalue weighted by molar-refractivity contribution is -0.122. The van der Waals surface area contributed by atoms with Crippen LogP contribution in [0.25, 0.3) is 10.9 Å². The molecule has 1 atom stereocenters. The van der Waals surface area contributed by atoms with Crippen molar-refractivity contribution >= 4 is 16.8 Å². The smallest absolute Gasteiger partial charge is 0.241 e. The Labute approximate surface area is 165 Å². The van der Waals surface area contributed by atoms with E-state index >= 15 is 0 Å². The molecule has 3 aromatic rings. The van der Waals surface area contributed by atoms with Crippen molar-refractivity contribution < 1.29 is 14.3 Å². The van der Waals surface area contributed by atoms with Crippen LogP contribution in [0.5, 0.6) is 11.5 Å². The van der Waals surface area contributed by atoms with E-state index in [0.29, 0.717) is 6.54 Å². The van der Waals surface area contributed by atoms with Gasteiger partial charge in [-0.2, -0.15) is 0 Å². The van der Waals surface area contributed by atoms with Gasteiger partial charge < -0.3 is 25.5 Å². The molecule has 0 aliphatic heterocycles. The van der Waals surface area contributed by atoms with Gasteiger partial charge in [0.05, 0.1) is 19.7 Å². The molecule has 148 valence electrons. The van der Waals surface area contributed by atoms with Crippen LogP contribution in [0, 0.1) is 6.92 Å². The molecule has 0 bridgehead atoms. The van der Waals surface area contributed by atoms with Crippen molar-refractivity contribution in [1.82, 2.24) is 10.3 Å². The molecule has 0 radical (unpaired) electrons. The van der Waals surface area contributed by atoms with Gasteiger partial charge >= 0.3 is 0 Å². The minimum Gasteiger partial charge on any atom is -0.497 e. The molecule has 0 aliphatic rings. The highest BCUT2D eigenvalue weighted by Crippen LogP contribution is 2.31. The molecular weight excluding hydrogens is 354 g/mol. The van der Waals surface area contributed by atoms with Gasteiger partial charge in [-0.05, 0) is 31.4 Å². The Balaban J connectivity index is 1.55. The second-order valence-electron chi connectivity index (χ2n) is 6.87.